The maximum atomic E-state index is 6.12. The number of rotatable bonds is 4. The number of hydrogen-bond donors (Lipinski definition) is 1. The summed E-state index contributed by atoms with van der Waals surface area (Å²) in [5.74, 6) is 0. The van der Waals surface area contributed by atoms with Gasteiger partial charge in [-0.2, -0.15) is 0 Å². The predicted octanol–water partition coefficient (Wildman–Crippen LogP) is 3.08. The minimum Gasteiger partial charge on any atom is -0.400 e. The van der Waals surface area contributed by atoms with Crippen molar-refractivity contribution in [1.29, 1.82) is 0 Å². The van der Waals surface area contributed by atoms with Gasteiger partial charge in [-0.05, 0) is 62.2 Å². The minimum absolute atomic E-state index is 0.337. The summed E-state index contributed by atoms with van der Waals surface area (Å²) in [4.78, 5) is 4.25. The highest BCUT2D eigenvalue weighted by molar-refractivity contribution is 9.10. The second-order valence-corrected chi connectivity index (χ2v) is 6.97. The van der Waals surface area contributed by atoms with Crippen molar-refractivity contribution in [3.8, 4) is 0 Å². The fraction of sp³-hybridized carbons (Fsp3) is 0.533. The molecule has 0 atom stereocenters. The van der Waals surface area contributed by atoms with Crippen molar-refractivity contribution in [2.45, 2.75) is 38.9 Å². The fourth-order valence-corrected chi connectivity index (χ4v) is 2.47. The van der Waals surface area contributed by atoms with Gasteiger partial charge in [-0.15, -0.1) is 0 Å². The Labute approximate surface area is 135 Å². The molecular weight excluding hydrogens is 331 g/mol. The first-order chi connectivity index (χ1) is 9.77. The van der Waals surface area contributed by atoms with E-state index in [-0.39, 0.29) is 18.3 Å². The maximum absolute atomic E-state index is 6.12. The molecule has 1 aliphatic heterocycles. The van der Waals surface area contributed by atoms with Gasteiger partial charge < -0.3 is 14.6 Å². The maximum Gasteiger partial charge on any atom is 0.491 e. The molecule has 0 aliphatic carbocycles. The Balaban J connectivity index is 2.31. The molecule has 1 aliphatic rings. The Bertz CT molecular complexity index is 530. The Morgan fingerprint density at radius 2 is 1.95 bits per heavy atom. The number of nitrogens with one attached hydrogen (secondary N) is 1. The molecule has 2 heterocycles. The van der Waals surface area contributed by atoms with Gasteiger partial charge in [0.15, 0.2) is 0 Å². The summed E-state index contributed by atoms with van der Waals surface area (Å²) >= 11 is 3.47. The Morgan fingerprint density at radius 3 is 2.48 bits per heavy atom. The fourth-order valence-electron chi connectivity index (χ4n) is 2.11. The summed E-state index contributed by atoms with van der Waals surface area (Å²) < 4.78 is 13.1. The number of hydrogen-bond acceptors (Lipinski definition) is 4. The van der Waals surface area contributed by atoms with Crippen molar-refractivity contribution < 1.29 is 9.31 Å². The number of halogens is 1. The van der Waals surface area contributed by atoms with Gasteiger partial charge in [-0.25, -0.2) is 4.98 Å². The van der Waals surface area contributed by atoms with E-state index in [9.17, 15) is 0 Å². The molecular formula is C15H22BBrN2O2. The Kier molecular flexibility index (Phi) is 4.93. The largest absolute Gasteiger partial charge is 0.491 e. The van der Waals surface area contributed by atoms with Crippen LogP contribution in [0.25, 0.3) is 6.08 Å². The molecule has 0 bridgehead atoms. The molecule has 1 N–H and O–H groups in total. The molecule has 4 nitrogen and oxygen atoms in total. The Hall–Kier alpha value is -0.685. The van der Waals surface area contributed by atoms with Crippen LogP contribution in [0.5, 0.6) is 0 Å². The van der Waals surface area contributed by atoms with Gasteiger partial charge in [0.25, 0.3) is 0 Å². The SMILES string of the molecule is CNCC(=Cc1cccnc1Br)B1OC(C)(C)C(C)(C)O1. The molecule has 1 saturated heterocycles. The van der Waals surface area contributed by atoms with Gasteiger partial charge in [0.1, 0.15) is 4.60 Å². The summed E-state index contributed by atoms with van der Waals surface area (Å²) in [5, 5.41) is 3.18. The van der Waals surface area contributed by atoms with Crippen LogP contribution in [0.2, 0.25) is 0 Å². The van der Waals surface area contributed by atoms with Gasteiger partial charge in [0.2, 0.25) is 0 Å². The van der Waals surface area contributed by atoms with Crippen LogP contribution in [-0.4, -0.2) is 36.9 Å². The van der Waals surface area contributed by atoms with Gasteiger partial charge in [-0.1, -0.05) is 12.1 Å². The molecule has 0 aromatic carbocycles. The van der Waals surface area contributed by atoms with Crippen molar-refractivity contribution in [3.05, 3.63) is 34.0 Å². The number of likely N-dealkylation sites (N-methyl/N-ethyl adjacent to an activating group) is 1. The molecule has 6 heteroatoms. The van der Waals surface area contributed by atoms with Gasteiger partial charge in [0, 0.05) is 18.3 Å². The van der Waals surface area contributed by atoms with Crippen LogP contribution in [0, 0.1) is 0 Å². The van der Waals surface area contributed by atoms with E-state index in [2.05, 4.69) is 60.0 Å². The standard InChI is InChI=1S/C15H22BBrN2O2/c1-14(2)15(3,4)21-16(20-14)12(10-18-5)9-11-7-6-8-19-13(11)17/h6-9,18H,10H2,1-5H3. The van der Waals surface area contributed by atoms with E-state index in [1.165, 1.54) is 0 Å². The third kappa shape index (κ3) is 3.56. The smallest absolute Gasteiger partial charge is 0.400 e. The second-order valence-electron chi connectivity index (χ2n) is 6.22. The molecule has 0 spiro atoms. The van der Waals surface area contributed by atoms with E-state index in [1.54, 1.807) is 6.20 Å². The van der Waals surface area contributed by atoms with E-state index in [0.717, 1.165) is 15.6 Å². The lowest BCUT2D eigenvalue weighted by molar-refractivity contribution is 0.00578. The van der Waals surface area contributed by atoms with Crippen LogP contribution in [-0.2, 0) is 9.31 Å². The topological polar surface area (TPSA) is 43.4 Å². The summed E-state index contributed by atoms with van der Waals surface area (Å²) in [6.07, 6.45) is 3.82. The van der Waals surface area contributed by atoms with Crippen molar-refractivity contribution in [3.63, 3.8) is 0 Å². The van der Waals surface area contributed by atoms with Crippen molar-refractivity contribution >= 4 is 29.1 Å². The molecule has 1 aromatic heterocycles. The third-order valence-corrected chi connectivity index (χ3v) is 4.73. The number of aromatic nitrogens is 1. The van der Waals surface area contributed by atoms with Crippen LogP contribution in [0.15, 0.2) is 28.4 Å². The van der Waals surface area contributed by atoms with Crippen LogP contribution in [0.4, 0.5) is 0 Å². The summed E-state index contributed by atoms with van der Waals surface area (Å²) in [6.45, 7) is 8.93. The van der Waals surface area contributed by atoms with Crippen molar-refractivity contribution in [2.24, 2.45) is 0 Å². The molecule has 1 fully saturated rings. The van der Waals surface area contributed by atoms with Gasteiger partial charge >= 0.3 is 7.12 Å². The normalized spacial score (nSPS) is 20.9. The van der Waals surface area contributed by atoms with E-state index < -0.39 is 0 Å². The average molecular weight is 353 g/mol. The number of nitrogens with zero attached hydrogens (tertiary/aromatic N) is 1. The third-order valence-electron chi connectivity index (χ3n) is 4.07. The highest BCUT2D eigenvalue weighted by Gasteiger charge is 2.52. The van der Waals surface area contributed by atoms with Crippen molar-refractivity contribution in [1.82, 2.24) is 10.3 Å². The van der Waals surface area contributed by atoms with E-state index in [1.807, 2.05) is 19.2 Å². The van der Waals surface area contributed by atoms with Gasteiger partial charge in [0.05, 0.1) is 11.2 Å². The minimum atomic E-state index is -0.352. The lowest BCUT2D eigenvalue weighted by atomic mass is 9.77. The second kappa shape index (κ2) is 6.20. The number of pyridine rings is 1. The summed E-state index contributed by atoms with van der Waals surface area (Å²) in [6, 6.07) is 3.93. The average Bonchev–Trinajstić information content (AvgIpc) is 2.60. The van der Waals surface area contributed by atoms with E-state index in [4.69, 9.17) is 9.31 Å². The zero-order valence-corrected chi connectivity index (χ0v) is 14.8. The van der Waals surface area contributed by atoms with Crippen LogP contribution in [0.1, 0.15) is 33.3 Å². The zero-order valence-electron chi connectivity index (χ0n) is 13.2. The lowest BCUT2D eigenvalue weighted by Gasteiger charge is -2.32. The van der Waals surface area contributed by atoms with Crippen molar-refractivity contribution in [2.75, 3.05) is 13.6 Å². The molecule has 1 aromatic rings. The van der Waals surface area contributed by atoms with E-state index in [0.29, 0.717) is 6.54 Å². The molecule has 0 saturated carbocycles. The molecule has 0 amide bonds. The quantitative estimate of drug-likeness (QED) is 0.668. The first-order valence-electron chi connectivity index (χ1n) is 7.08. The lowest BCUT2D eigenvalue weighted by Crippen LogP contribution is -2.41. The zero-order chi connectivity index (χ0) is 15.7. The highest BCUT2D eigenvalue weighted by atomic mass is 79.9. The summed E-state index contributed by atoms with van der Waals surface area (Å²) in [7, 11) is 1.56. The highest BCUT2D eigenvalue weighted by Crippen LogP contribution is 2.38. The first-order valence-corrected chi connectivity index (χ1v) is 7.87. The molecule has 21 heavy (non-hydrogen) atoms. The molecule has 0 radical (unpaired) electrons. The van der Waals surface area contributed by atoms with E-state index >= 15 is 0 Å². The molecule has 2 rings (SSSR count). The summed E-state index contributed by atoms with van der Waals surface area (Å²) in [5.41, 5.74) is 1.38. The molecule has 0 unspecified atom stereocenters. The van der Waals surface area contributed by atoms with Gasteiger partial charge in [-0.3, -0.25) is 0 Å². The van der Waals surface area contributed by atoms with Crippen LogP contribution >= 0.6 is 15.9 Å². The first kappa shape index (κ1) is 16.7. The molecule has 114 valence electrons. The predicted molar refractivity (Wildman–Crippen MR) is 89.9 cm³/mol. The monoisotopic (exact) mass is 352 g/mol. The Morgan fingerprint density at radius 1 is 1.33 bits per heavy atom. The van der Waals surface area contributed by atoms with Crippen LogP contribution in [0.3, 0.4) is 0 Å². The van der Waals surface area contributed by atoms with Crippen LogP contribution < -0.4 is 5.32 Å².